The first kappa shape index (κ1) is 30.1. The van der Waals surface area contributed by atoms with Crippen molar-refractivity contribution in [1.29, 1.82) is 0 Å². The molecular formula is C33H32N4O4S. The van der Waals surface area contributed by atoms with Crippen molar-refractivity contribution in [1.82, 2.24) is 10.3 Å². The van der Waals surface area contributed by atoms with Crippen molar-refractivity contribution in [2.24, 2.45) is 0 Å². The highest BCUT2D eigenvalue weighted by Gasteiger charge is 2.19. The smallest absolute Gasteiger partial charge is 0.272 e. The van der Waals surface area contributed by atoms with Crippen LogP contribution >= 0.6 is 11.8 Å². The molecule has 3 aromatic carbocycles. The average Bonchev–Trinajstić information content (AvgIpc) is 3.01. The van der Waals surface area contributed by atoms with Crippen LogP contribution in [0.25, 0.3) is 6.08 Å². The molecule has 0 saturated carbocycles. The monoisotopic (exact) mass is 580 g/mol. The summed E-state index contributed by atoms with van der Waals surface area (Å²) in [4.78, 5) is 44.1. The summed E-state index contributed by atoms with van der Waals surface area (Å²) in [6.07, 6.45) is 5.47. The molecule has 3 N–H and O–H groups in total. The van der Waals surface area contributed by atoms with Crippen molar-refractivity contribution >= 4 is 46.9 Å². The number of aromatic nitrogens is 1. The van der Waals surface area contributed by atoms with Crippen molar-refractivity contribution in [2.45, 2.75) is 30.4 Å². The van der Waals surface area contributed by atoms with E-state index < -0.39 is 11.8 Å². The van der Waals surface area contributed by atoms with E-state index in [4.69, 9.17) is 4.74 Å². The number of amides is 3. The Kier molecular flexibility index (Phi) is 10.9. The molecule has 9 heteroatoms. The number of hydrogen-bond donors (Lipinski definition) is 3. The van der Waals surface area contributed by atoms with Crippen LogP contribution in [0.5, 0.6) is 5.75 Å². The Bertz CT molecular complexity index is 1530. The maximum absolute atomic E-state index is 13.5. The highest BCUT2D eigenvalue weighted by Crippen LogP contribution is 2.29. The minimum atomic E-state index is -0.488. The van der Waals surface area contributed by atoms with Gasteiger partial charge in [0.25, 0.3) is 11.8 Å². The molecule has 0 aliphatic carbocycles. The molecule has 0 fully saturated rings. The Morgan fingerprint density at radius 1 is 0.857 bits per heavy atom. The number of nitrogens with one attached hydrogen (secondary N) is 3. The van der Waals surface area contributed by atoms with Gasteiger partial charge in [0.15, 0.2) is 0 Å². The second-order valence-electron chi connectivity index (χ2n) is 9.10. The van der Waals surface area contributed by atoms with Crippen molar-refractivity contribution in [3.05, 3.63) is 120 Å². The van der Waals surface area contributed by atoms with Gasteiger partial charge in [0.05, 0.1) is 11.9 Å². The third-order valence-corrected chi connectivity index (χ3v) is 7.37. The fraction of sp³-hybridized carbons (Fsp3) is 0.152. The first-order valence-corrected chi connectivity index (χ1v) is 14.4. The van der Waals surface area contributed by atoms with Crippen molar-refractivity contribution in [3.8, 4) is 5.75 Å². The van der Waals surface area contributed by atoms with E-state index in [-0.39, 0.29) is 16.9 Å². The van der Waals surface area contributed by atoms with Crippen molar-refractivity contribution in [3.63, 3.8) is 0 Å². The molecule has 1 heterocycles. The molecular weight excluding hydrogens is 548 g/mol. The van der Waals surface area contributed by atoms with Crippen LogP contribution in [0.15, 0.2) is 114 Å². The molecule has 0 saturated heterocycles. The van der Waals surface area contributed by atoms with Gasteiger partial charge in [-0.05, 0) is 79.6 Å². The van der Waals surface area contributed by atoms with E-state index in [2.05, 4.69) is 20.9 Å². The van der Waals surface area contributed by atoms with Crippen molar-refractivity contribution < 1.29 is 19.1 Å². The van der Waals surface area contributed by atoms with E-state index >= 15 is 0 Å². The maximum Gasteiger partial charge on any atom is 0.272 e. The first-order chi connectivity index (χ1) is 20.4. The number of anilines is 2. The molecule has 1 aromatic heterocycles. The van der Waals surface area contributed by atoms with Crippen LogP contribution in [0.4, 0.5) is 11.4 Å². The number of rotatable bonds is 12. The zero-order valence-electron chi connectivity index (χ0n) is 23.4. The minimum absolute atomic E-state index is 0.0780. The van der Waals surface area contributed by atoms with E-state index in [0.717, 1.165) is 4.90 Å². The van der Waals surface area contributed by atoms with Gasteiger partial charge in [0.1, 0.15) is 11.4 Å². The topological polar surface area (TPSA) is 109 Å². The number of ether oxygens (including phenoxy) is 1. The lowest BCUT2D eigenvalue weighted by atomic mass is 10.1. The molecule has 0 aliphatic rings. The zero-order chi connectivity index (χ0) is 29.7. The predicted molar refractivity (Wildman–Crippen MR) is 167 cm³/mol. The Labute approximate surface area is 249 Å². The second kappa shape index (κ2) is 15.2. The van der Waals surface area contributed by atoms with Crippen LogP contribution in [0.1, 0.15) is 36.2 Å². The Balaban J connectivity index is 1.50. The lowest BCUT2D eigenvalue weighted by molar-refractivity contribution is -0.116. The van der Waals surface area contributed by atoms with E-state index in [1.807, 2.05) is 44.2 Å². The first-order valence-electron chi connectivity index (χ1n) is 13.5. The summed E-state index contributed by atoms with van der Waals surface area (Å²) in [5, 5.41) is 8.21. The highest BCUT2D eigenvalue weighted by molar-refractivity contribution is 8.00. The summed E-state index contributed by atoms with van der Waals surface area (Å²) in [5.41, 5.74) is 2.43. The molecule has 4 rings (SSSR count). The van der Waals surface area contributed by atoms with Gasteiger partial charge >= 0.3 is 0 Å². The fourth-order valence-corrected chi connectivity index (χ4v) is 4.94. The van der Waals surface area contributed by atoms with Crippen LogP contribution in [-0.2, 0) is 9.59 Å². The van der Waals surface area contributed by atoms with Crippen molar-refractivity contribution in [2.75, 3.05) is 17.2 Å². The van der Waals surface area contributed by atoms with Gasteiger partial charge in [0, 0.05) is 34.2 Å². The summed E-state index contributed by atoms with van der Waals surface area (Å²) in [6.45, 7) is 4.40. The van der Waals surface area contributed by atoms with Gasteiger partial charge in [0.2, 0.25) is 5.91 Å². The SMILES string of the molecule is CCOc1ccc(/C=C(/NC(=O)c2ccccc2)C(=O)Nc2cccc(SC(CC)C(=O)Nc3ccncc3)c2)cc1. The molecule has 0 bridgehead atoms. The molecule has 4 aromatic rings. The normalized spacial score (nSPS) is 11.7. The second-order valence-corrected chi connectivity index (χ2v) is 10.4. The third-order valence-electron chi connectivity index (χ3n) is 6.01. The molecule has 8 nitrogen and oxygen atoms in total. The lowest BCUT2D eigenvalue weighted by Gasteiger charge is -2.16. The van der Waals surface area contributed by atoms with Crippen LogP contribution in [-0.4, -0.2) is 34.6 Å². The molecule has 1 unspecified atom stereocenters. The Morgan fingerprint density at radius 2 is 1.60 bits per heavy atom. The predicted octanol–water partition coefficient (Wildman–Crippen LogP) is 6.40. The largest absolute Gasteiger partial charge is 0.494 e. The molecule has 1 atom stereocenters. The van der Waals surface area contributed by atoms with Crippen LogP contribution in [0.2, 0.25) is 0 Å². The number of carbonyl (C=O) groups is 3. The van der Waals surface area contributed by atoms with Crippen LogP contribution in [0, 0.1) is 0 Å². The lowest BCUT2D eigenvalue weighted by Crippen LogP contribution is -2.30. The van der Waals surface area contributed by atoms with Gasteiger partial charge in [-0.25, -0.2) is 0 Å². The third kappa shape index (κ3) is 8.81. The summed E-state index contributed by atoms with van der Waals surface area (Å²) < 4.78 is 5.51. The minimum Gasteiger partial charge on any atom is -0.494 e. The highest BCUT2D eigenvalue weighted by atomic mass is 32.2. The quantitative estimate of drug-likeness (QED) is 0.132. The average molecular weight is 581 g/mol. The number of carbonyl (C=O) groups excluding carboxylic acids is 3. The maximum atomic E-state index is 13.5. The van der Waals surface area contributed by atoms with Gasteiger partial charge in [-0.2, -0.15) is 0 Å². The summed E-state index contributed by atoms with van der Waals surface area (Å²) in [7, 11) is 0. The van der Waals surface area contributed by atoms with Gasteiger partial charge < -0.3 is 20.7 Å². The summed E-state index contributed by atoms with van der Waals surface area (Å²) >= 11 is 1.41. The molecule has 0 radical (unpaired) electrons. The van der Waals surface area contributed by atoms with E-state index in [1.54, 1.807) is 79.1 Å². The molecule has 3 amide bonds. The number of pyridine rings is 1. The number of hydrogen-bond acceptors (Lipinski definition) is 6. The summed E-state index contributed by atoms with van der Waals surface area (Å²) in [6, 6.07) is 26.7. The fourth-order valence-electron chi connectivity index (χ4n) is 3.93. The van der Waals surface area contributed by atoms with Gasteiger partial charge in [-0.3, -0.25) is 19.4 Å². The number of nitrogens with zero attached hydrogens (tertiary/aromatic N) is 1. The Hall–Kier alpha value is -4.89. The molecule has 0 spiro atoms. The molecule has 42 heavy (non-hydrogen) atoms. The zero-order valence-corrected chi connectivity index (χ0v) is 24.2. The standard InChI is InChI=1S/C33H32N4O4S/c1-3-30(33(40)35-25-17-19-34-20-18-25)42-28-12-8-11-26(22-28)36-32(39)29(37-31(38)24-9-6-5-7-10-24)21-23-13-15-27(16-14-23)41-4-2/h5-22,30H,3-4H2,1-2H3,(H,36,39)(H,37,38)(H,34,35,40)/b29-21+. The molecule has 0 aliphatic heterocycles. The van der Waals surface area contributed by atoms with E-state index in [9.17, 15) is 14.4 Å². The van der Waals surface area contributed by atoms with Crippen LogP contribution in [0.3, 0.4) is 0 Å². The van der Waals surface area contributed by atoms with Crippen LogP contribution < -0.4 is 20.7 Å². The van der Waals surface area contributed by atoms with E-state index in [1.165, 1.54) is 11.8 Å². The number of benzene rings is 3. The van der Waals surface area contributed by atoms with E-state index in [0.29, 0.717) is 41.3 Å². The van der Waals surface area contributed by atoms with Gasteiger partial charge in [-0.1, -0.05) is 43.3 Å². The Morgan fingerprint density at radius 3 is 2.29 bits per heavy atom. The summed E-state index contributed by atoms with van der Waals surface area (Å²) in [5.74, 6) is -0.300. The van der Waals surface area contributed by atoms with Gasteiger partial charge in [-0.15, -0.1) is 11.8 Å². The molecule has 214 valence electrons. The number of thioether (sulfide) groups is 1.